The molecule has 0 radical (unpaired) electrons. The van der Waals surface area contributed by atoms with Crippen molar-refractivity contribution in [3.8, 4) is 5.75 Å². The monoisotopic (exact) mass is 303 g/mol. The van der Waals surface area contributed by atoms with E-state index in [0.29, 0.717) is 0 Å². The summed E-state index contributed by atoms with van der Waals surface area (Å²) in [6, 6.07) is 8.53. The van der Waals surface area contributed by atoms with Crippen molar-refractivity contribution in [1.29, 1.82) is 0 Å². The number of rotatable bonds is 3. The fraction of sp³-hybridized carbons (Fsp3) is 0.250. The third-order valence-corrected chi connectivity index (χ3v) is 5.76. The molecule has 3 rings (SSSR count). The minimum Gasteiger partial charge on any atom is -0.496 e. The van der Waals surface area contributed by atoms with E-state index in [1.807, 2.05) is 0 Å². The van der Waals surface area contributed by atoms with Crippen molar-refractivity contribution in [2.24, 2.45) is 5.73 Å². The van der Waals surface area contributed by atoms with Crippen molar-refractivity contribution in [3.63, 3.8) is 0 Å². The highest BCUT2D eigenvalue weighted by Gasteiger charge is 2.16. The third kappa shape index (κ3) is 2.24. The first-order valence-corrected chi connectivity index (χ1v) is 8.17. The van der Waals surface area contributed by atoms with Gasteiger partial charge in [-0.05, 0) is 54.1 Å². The fourth-order valence-electron chi connectivity index (χ4n) is 2.46. The average molecular weight is 303 g/mol. The summed E-state index contributed by atoms with van der Waals surface area (Å²) in [6.45, 7) is 4.15. The molecule has 20 heavy (non-hydrogen) atoms. The summed E-state index contributed by atoms with van der Waals surface area (Å²) in [6.07, 6.45) is 0. The van der Waals surface area contributed by atoms with Gasteiger partial charge in [-0.1, -0.05) is 6.07 Å². The summed E-state index contributed by atoms with van der Waals surface area (Å²) >= 11 is 3.55. The van der Waals surface area contributed by atoms with Crippen LogP contribution in [0.3, 0.4) is 0 Å². The van der Waals surface area contributed by atoms with E-state index in [-0.39, 0.29) is 6.04 Å². The molecule has 2 nitrogen and oxygen atoms in total. The molecular weight excluding hydrogens is 286 g/mol. The summed E-state index contributed by atoms with van der Waals surface area (Å²) < 4.78 is 8.01. The van der Waals surface area contributed by atoms with E-state index in [9.17, 15) is 0 Å². The largest absolute Gasteiger partial charge is 0.496 e. The SMILES string of the molecule is COc1cc(C)c(C(N)c2cc3sccc3s2)cc1C. The molecule has 3 aromatic rings. The lowest BCUT2D eigenvalue weighted by Gasteiger charge is -2.16. The van der Waals surface area contributed by atoms with Gasteiger partial charge in [0.25, 0.3) is 0 Å². The van der Waals surface area contributed by atoms with Crippen LogP contribution in [0.15, 0.2) is 29.6 Å². The predicted octanol–water partition coefficient (Wildman–Crippen LogP) is 4.64. The first-order valence-electron chi connectivity index (χ1n) is 6.48. The molecule has 1 atom stereocenters. The van der Waals surface area contributed by atoms with Crippen LogP contribution in [-0.4, -0.2) is 7.11 Å². The summed E-state index contributed by atoms with van der Waals surface area (Å²) in [5.74, 6) is 0.922. The van der Waals surface area contributed by atoms with Gasteiger partial charge in [0.2, 0.25) is 0 Å². The Hall–Kier alpha value is -1.36. The number of hydrogen-bond acceptors (Lipinski definition) is 4. The van der Waals surface area contributed by atoms with E-state index in [4.69, 9.17) is 10.5 Å². The van der Waals surface area contributed by atoms with E-state index in [2.05, 4.69) is 43.5 Å². The topological polar surface area (TPSA) is 35.2 Å². The van der Waals surface area contributed by atoms with Crippen LogP contribution in [0.2, 0.25) is 0 Å². The number of methoxy groups -OCH3 is 1. The Morgan fingerprint density at radius 1 is 1.10 bits per heavy atom. The van der Waals surface area contributed by atoms with Gasteiger partial charge < -0.3 is 10.5 Å². The van der Waals surface area contributed by atoms with Gasteiger partial charge in [0, 0.05) is 14.3 Å². The Bertz CT molecular complexity index is 729. The number of thiophene rings is 2. The minimum atomic E-state index is -0.0655. The summed E-state index contributed by atoms with van der Waals surface area (Å²) in [5, 5.41) is 2.12. The average Bonchev–Trinajstić information content (AvgIpc) is 3.01. The molecule has 0 spiro atoms. The molecule has 2 heterocycles. The van der Waals surface area contributed by atoms with Crippen LogP contribution in [0.5, 0.6) is 5.75 Å². The first-order chi connectivity index (χ1) is 9.60. The maximum atomic E-state index is 6.47. The maximum absolute atomic E-state index is 6.47. The van der Waals surface area contributed by atoms with Crippen molar-refractivity contribution >= 4 is 32.1 Å². The lowest BCUT2D eigenvalue weighted by atomic mass is 9.98. The van der Waals surface area contributed by atoms with Gasteiger partial charge in [0.1, 0.15) is 5.75 Å². The van der Waals surface area contributed by atoms with E-state index in [0.717, 1.165) is 11.3 Å². The standard InChI is InChI=1S/C16H17NOS2/c1-9-7-12(18-3)10(2)6-11(9)16(17)15-8-14-13(20-15)4-5-19-14/h4-8,16H,17H2,1-3H3. The van der Waals surface area contributed by atoms with E-state index in [1.54, 1.807) is 29.8 Å². The smallest absolute Gasteiger partial charge is 0.122 e. The number of nitrogens with two attached hydrogens (primary N) is 1. The van der Waals surface area contributed by atoms with E-state index < -0.39 is 0 Å². The van der Waals surface area contributed by atoms with Gasteiger partial charge in [-0.3, -0.25) is 0 Å². The van der Waals surface area contributed by atoms with Crippen molar-refractivity contribution in [3.05, 3.63) is 51.2 Å². The predicted molar refractivity (Wildman–Crippen MR) is 88.2 cm³/mol. The molecule has 0 aliphatic heterocycles. The molecule has 2 N–H and O–H groups in total. The van der Waals surface area contributed by atoms with Gasteiger partial charge in [-0.25, -0.2) is 0 Å². The highest BCUT2D eigenvalue weighted by molar-refractivity contribution is 7.27. The van der Waals surface area contributed by atoms with Gasteiger partial charge in [0.15, 0.2) is 0 Å². The summed E-state index contributed by atoms with van der Waals surface area (Å²) in [7, 11) is 1.70. The van der Waals surface area contributed by atoms with Crippen molar-refractivity contribution in [2.75, 3.05) is 7.11 Å². The molecule has 0 amide bonds. The van der Waals surface area contributed by atoms with Crippen LogP contribution in [0.1, 0.15) is 27.6 Å². The zero-order chi connectivity index (χ0) is 14.3. The van der Waals surface area contributed by atoms with Crippen LogP contribution in [0.25, 0.3) is 9.40 Å². The van der Waals surface area contributed by atoms with Gasteiger partial charge in [0.05, 0.1) is 13.2 Å². The minimum absolute atomic E-state index is 0.0655. The van der Waals surface area contributed by atoms with Crippen LogP contribution in [0, 0.1) is 13.8 Å². The van der Waals surface area contributed by atoms with Gasteiger partial charge in [-0.2, -0.15) is 0 Å². The lowest BCUT2D eigenvalue weighted by molar-refractivity contribution is 0.411. The molecule has 2 aromatic heterocycles. The highest BCUT2D eigenvalue weighted by atomic mass is 32.1. The molecular formula is C16H17NOS2. The molecule has 0 aliphatic carbocycles. The molecule has 0 bridgehead atoms. The second-order valence-electron chi connectivity index (χ2n) is 4.95. The first kappa shape index (κ1) is 13.6. The second kappa shape index (κ2) is 5.20. The van der Waals surface area contributed by atoms with Crippen LogP contribution in [0.4, 0.5) is 0 Å². The van der Waals surface area contributed by atoms with Gasteiger partial charge >= 0.3 is 0 Å². The van der Waals surface area contributed by atoms with Crippen molar-refractivity contribution < 1.29 is 4.74 Å². The number of fused-ring (bicyclic) bond motifs is 1. The van der Waals surface area contributed by atoms with Crippen molar-refractivity contribution in [2.45, 2.75) is 19.9 Å². The number of hydrogen-bond donors (Lipinski definition) is 1. The number of ether oxygens (including phenoxy) is 1. The van der Waals surface area contributed by atoms with E-state index >= 15 is 0 Å². The third-order valence-electron chi connectivity index (χ3n) is 3.58. The van der Waals surface area contributed by atoms with Gasteiger partial charge in [-0.15, -0.1) is 22.7 Å². The zero-order valence-corrected chi connectivity index (χ0v) is 13.4. The van der Waals surface area contributed by atoms with Crippen LogP contribution >= 0.6 is 22.7 Å². The summed E-state index contributed by atoms with van der Waals surface area (Å²) in [4.78, 5) is 1.22. The Morgan fingerprint density at radius 2 is 1.90 bits per heavy atom. The Labute approximate surface area is 126 Å². The number of aryl methyl sites for hydroxylation is 2. The quantitative estimate of drug-likeness (QED) is 0.765. The maximum Gasteiger partial charge on any atom is 0.122 e. The van der Waals surface area contributed by atoms with Crippen LogP contribution < -0.4 is 10.5 Å². The van der Waals surface area contributed by atoms with Crippen molar-refractivity contribution in [1.82, 2.24) is 0 Å². The second-order valence-corrected chi connectivity index (χ2v) is 7.02. The molecule has 1 unspecified atom stereocenters. The highest BCUT2D eigenvalue weighted by Crippen LogP contribution is 2.36. The zero-order valence-electron chi connectivity index (χ0n) is 11.8. The Balaban J connectivity index is 2.03. The molecule has 0 fully saturated rings. The molecule has 1 aromatic carbocycles. The fourth-order valence-corrected chi connectivity index (χ4v) is 4.60. The molecule has 4 heteroatoms. The molecule has 0 saturated carbocycles. The number of benzene rings is 1. The van der Waals surface area contributed by atoms with E-state index in [1.165, 1.54) is 25.4 Å². The molecule has 0 aliphatic rings. The molecule has 104 valence electrons. The molecule has 0 saturated heterocycles. The Morgan fingerprint density at radius 3 is 2.60 bits per heavy atom. The lowest BCUT2D eigenvalue weighted by Crippen LogP contribution is -2.12. The van der Waals surface area contributed by atoms with Crippen LogP contribution in [-0.2, 0) is 0 Å². The Kier molecular flexibility index (Phi) is 3.54. The summed E-state index contributed by atoms with van der Waals surface area (Å²) in [5.41, 5.74) is 9.96. The normalized spacial score (nSPS) is 12.8.